The molecule has 122 valence electrons. The van der Waals surface area contributed by atoms with Gasteiger partial charge in [-0.2, -0.15) is 0 Å². The van der Waals surface area contributed by atoms with Gasteiger partial charge in [0.05, 0.1) is 12.5 Å². The van der Waals surface area contributed by atoms with Crippen molar-refractivity contribution in [2.45, 2.75) is 32.4 Å². The summed E-state index contributed by atoms with van der Waals surface area (Å²) >= 11 is 0. The molecule has 2 aromatic heterocycles. The molecule has 2 aliphatic heterocycles. The molecular formula is C19H25N3O. The van der Waals surface area contributed by atoms with Crippen LogP contribution in [0.15, 0.2) is 47.5 Å². The molecule has 2 saturated heterocycles. The summed E-state index contributed by atoms with van der Waals surface area (Å²) in [6.45, 7) is 7.00. The average molecular weight is 311 g/mol. The van der Waals surface area contributed by atoms with Gasteiger partial charge in [0.1, 0.15) is 0 Å². The van der Waals surface area contributed by atoms with E-state index in [4.69, 9.17) is 4.42 Å². The van der Waals surface area contributed by atoms with Crippen LogP contribution in [0.25, 0.3) is 0 Å². The van der Waals surface area contributed by atoms with Crippen molar-refractivity contribution >= 4 is 0 Å². The van der Waals surface area contributed by atoms with Crippen LogP contribution in [-0.4, -0.2) is 41.0 Å². The lowest BCUT2D eigenvalue weighted by atomic mass is 9.77. The first-order valence-corrected chi connectivity index (χ1v) is 8.66. The maximum atomic E-state index is 5.18. The van der Waals surface area contributed by atoms with Crippen LogP contribution in [0.5, 0.6) is 0 Å². The molecule has 23 heavy (non-hydrogen) atoms. The number of pyridine rings is 1. The minimum absolute atomic E-state index is 0.551. The SMILES string of the molecule is c1cncc(CN2CCC3(CCN(Cc4ccoc4)CC3)C2)c1. The molecule has 4 nitrogen and oxygen atoms in total. The van der Waals surface area contributed by atoms with Gasteiger partial charge in [0.25, 0.3) is 0 Å². The van der Waals surface area contributed by atoms with E-state index in [1.807, 2.05) is 24.7 Å². The van der Waals surface area contributed by atoms with E-state index in [0.29, 0.717) is 5.41 Å². The number of furan rings is 1. The van der Waals surface area contributed by atoms with Gasteiger partial charge in [-0.1, -0.05) is 6.07 Å². The normalized spacial score (nSPS) is 21.9. The zero-order valence-corrected chi connectivity index (χ0v) is 13.7. The Morgan fingerprint density at radius 3 is 2.48 bits per heavy atom. The van der Waals surface area contributed by atoms with E-state index in [1.165, 1.54) is 56.6 Å². The lowest BCUT2D eigenvalue weighted by molar-refractivity contribution is 0.102. The predicted octanol–water partition coefficient (Wildman–Crippen LogP) is 3.16. The van der Waals surface area contributed by atoms with E-state index in [9.17, 15) is 0 Å². The molecule has 4 heteroatoms. The molecule has 0 radical (unpaired) electrons. The molecule has 0 saturated carbocycles. The number of piperidine rings is 1. The van der Waals surface area contributed by atoms with E-state index in [1.54, 1.807) is 6.26 Å². The third-order valence-corrected chi connectivity index (χ3v) is 5.55. The van der Waals surface area contributed by atoms with Gasteiger partial charge in [-0.3, -0.25) is 14.8 Å². The highest BCUT2D eigenvalue weighted by Gasteiger charge is 2.40. The summed E-state index contributed by atoms with van der Waals surface area (Å²) < 4.78 is 5.18. The minimum Gasteiger partial charge on any atom is -0.472 e. The van der Waals surface area contributed by atoms with Crippen LogP contribution >= 0.6 is 0 Å². The Labute approximate surface area is 138 Å². The van der Waals surface area contributed by atoms with Crippen LogP contribution in [0, 0.1) is 5.41 Å². The molecule has 0 aromatic carbocycles. The summed E-state index contributed by atoms with van der Waals surface area (Å²) in [6.07, 6.45) is 11.5. The molecular weight excluding hydrogens is 286 g/mol. The van der Waals surface area contributed by atoms with Gasteiger partial charge in [0.15, 0.2) is 0 Å². The average Bonchev–Trinajstić information content (AvgIpc) is 3.22. The number of aromatic nitrogens is 1. The zero-order valence-electron chi connectivity index (χ0n) is 13.7. The first kappa shape index (κ1) is 14.9. The Morgan fingerprint density at radius 1 is 1.00 bits per heavy atom. The summed E-state index contributed by atoms with van der Waals surface area (Å²) in [5.74, 6) is 0. The van der Waals surface area contributed by atoms with Crippen LogP contribution in [0.1, 0.15) is 30.4 Å². The molecule has 0 N–H and O–H groups in total. The van der Waals surface area contributed by atoms with Crippen molar-refractivity contribution in [2.75, 3.05) is 26.2 Å². The van der Waals surface area contributed by atoms with Crippen LogP contribution in [-0.2, 0) is 13.1 Å². The van der Waals surface area contributed by atoms with Crippen molar-refractivity contribution in [3.63, 3.8) is 0 Å². The van der Waals surface area contributed by atoms with E-state index < -0.39 is 0 Å². The first-order chi connectivity index (χ1) is 11.3. The molecule has 2 aromatic rings. The van der Waals surface area contributed by atoms with Gasteiger partial charge in [0.2, 0.25) is 0 Å². The minimum atomic E-state index is 0.551. The van der Waals surface area contributed by atoms with Crippen molar-refractivity contribution < 1.29 is 4.42 Å². The van der Waals surface area contributed by atoms with Gasteiger partial charge < -0.3 is 4.42 Å². The third kappa shape index (κ3) is 3.48. The molecule has 4 rings (SSSR count). The Morgan fingerprint density at radius 2 is 1.78 bits per heavy atom. The number of hydrogen-bond acceptors (Lipinski definition) is 4. The highest BCUT2D eigenvalue weighted by atomic mass is 16.3. The van der Waals surface area contributed by atoms with Crippen LogP contribution in [0.4, 0.5) is 0 Å². The van der Waals surface area contributed by atoms with Crippen molar-refractivity contribution in [3.05, 3.63) is 54.2 Å². The molecule has 2 fully saturated rings. The van der Waals surface area contributed by atoms with Crippen molar-refractivity contribution in [1.29, 1.82) is 0 Å². The van der Waals surface area contributed by atoms with Gasteiger partial charge in [-0.15, -0.1) is 0 Å². The maximum absolute atomic E-state index is 5.18. The Bertz CT molecular complexity index is 603. The molecule has 0 bridgehead atoms. The Kier molecular flexibility index (Phi) is 4.19. The molecule has 0 aliphatic carbocycles. The first-order valence-electron chi connectivity index (χ1n) is 8.66. The number of hydrogen-bond donors (Lipinski definition) is 0. The second-order valence-electron chi connectivity index (χ2n) is 7.23. The topological polar surface area (TPSA) is 32.5 Å². The van der Waals surface area contributed by atoms with Crippen LogP contribution in [0.2, 0.25) is 0 Å². The molecule has 2 aliphatic rings. The second kappa shape index (κ2) is 6.46. The number of rotatable bonds is 4. The smallest absolute Gasteiger partial charge is 0.0947 e. The molecule has 1 spiro atoms. The fraction of sp³-hybridized carbons (Fsp3) is 0.526. The highest BCUT2D eigenvalue weighted by molar-refractivity contribution is 5.09. The third-order valence-electron chi connectivity index (χ3n) is 5.55. The Hall–Kier alpha value is -1.65. The zero-order chi connectivity index (χ0) is 15.5. The van der Waals surface area contributed by atoms with Gasteiger partial charge in [-0.25, -0.2) is 0 Å². The quantitative estimate of drug-likeness (QED) is 0.868. The Balaban J connectivity index is 1.29. The summed E-state index contributed by atoms with van der Waals surface area (Å²) in [7, 11) is 0. The van der Waals surface area contributed by atoms with E-state index >= 15 is 0 Å². The maximum Gasteiger partial charge on any atom is 0.0947 e. The number of likely N-dealkylation sites (tertiary alicyclic amines) is 2. The van der Waals surface area contributed by atoms with Crippen LogP contribution in [0.3, 0.4) is 0 Å². The predicted molar refractivity (Wildman–Crippen MR) is 89.8 cm³/mol. The standard InChI is InChI=1S/C19H25N3O/c1-2-17(12-20-7-1)13-22-10-6-19(16-22)4-8-21(9-5-19)14-18-3-11-23-15-18/h1-3,7,11-12,15H,4-6,8-10,13-14,16H2. The van der Waals surface area contributed by atoms with Crippen molar-refractivity contribution in [3.8, 4) is 0 Å². The fourth-order valence-corrected chi connectivity index (χ4v) is 4.15. The van der Waals surface area contributed by atoms with Crippen molar-refractivity contribution in [2.24, 2.45) is 5.41 Å². The molecule has 0 amide bonds. The van der Waals surface area contributed by atoms with Gasteiger partial charge in [0, 0.05) is 37.6 Å². The van der Waals surface area contributed by atoms with E-state index in [2.05, 4.69) is 26.9 Å². The van der Waals surface area contributed by atoms with E-state index in [0.717, 1.165) is 13.1 Å². The second-order valence-corrected chi connectivity index (χ2v) is 7.23. The fourth-order valence-electron chi connectivity index (χ4n) is 4.15. The molecule has 4 heterocycles. The van der Waals surface area contributed by atoms with Gasteiger partial charge >= 0.3 is 0 Å². The summed E-state index contributed by atoms with van der Waals surface area (Å²) in [5, 5.41) is 0. The number of nitrogens with zero attached hydrogens (tertiary/aromatic N) is 3. The van der Waals surface area contributed by atoms with E-state index in [-0.39, 0.29) is 0 Å². The summed E-state index contributed by atoms with van der Waals surface area (Å²) in [5.41, 5.74) is 3.18. The highest BCUT2D eigenvalue weighted by Crippen LogP contribution is 2.41. The monoisotopic (exact) mass is 311 g/mol. The summed E-state index contributed by atoms with van der Waals surface area (Å²) in [4.78, 5) is 9.42. The van der Waals surface area contributed by atoms with Crippen molar-refractivity contribution in [1.82, 2.24) is 14.8 Å². The molecule has 0 unspecified atom stereocenters. The summed E-state index contributed by atoms with van der Waals surface area (Å²) in [6, 6.07) is 6.30. The van der Waals surface area contributed by atoms with Gasteiger partial charge in [-0.05, 0) is 62.0 Å². The lowest BCUT2D eigenvalue weighted by Crippen LogP contribution is -2.41. The van der Waals surface area contributed by atoms with Crippen LogP contribution < -0.4 is 0 Å². The lowest BCUT2D eigenvalue weighted by Gasteiger charge is -2.39. The molecule has 0 atom stereocenters. The largest absolute Gasteiger partial charge is 0.472 e.